The normalized spacial score (nSPS) is 31.1. The van der Waals surface area contributed by atoms with Gasteiger partial charge in [-0.3, -0.25) is 0 Å². The van der Waals surface area contributed by atoms with Gasteiger partial charge in [0.25, 0.3) is 0 Å². The first-order valence-electron chi connectivity index (χ1n) is 37.1. The minimum Gasteiger partial charge on any atom is -0.389 e. The van der Waals surface area contributed by atoms with Gasteiger partial charge in [-0.15, -0.1) is 0 Å². The minimum absolute atomic E-state index is 0.0824. The molecule has 41 heteroatoms. The van der Waals surface area contributed by atoms with E-state index in [1.165, 1.54) is 21.0 Å². The Morgan fingerprint density at radius 3 is 0.991 bits per heavy atom. The van der Waals surface area contributed by atoms with Gasteiger partial charge in [0.15, 0.2) is 37.7 Å². The maximum Gasteiger partial charge on any atom is 0.187 e. The predicted molar refractivity (Wildman–Crippen MR) is 383 cm³/mol. The van der Waals surface area contributed by atoms with Crippen molar-refractivity contribution in [2.75, 3.05) is 211 Å². The number of rotatable bonds is 55. The van der Waals surface area contributed by atoms with Crippen LogP contribution in [0.5, 0.6) is 0 Å². The van der Waals surface area contributed by atoms with Crippen LogP contribution < -0.4 is 0 Å². The van der Waals surface area contributed by atoms with E-state index in [4.69, 9.17) is 71.1 Å². The van der Waals surface area contributed by atoms with E-state index >= 15 is 0 Å². The summed E-state index contributed by atoms with van der Waals surface area (Å²) in [7, 11) is 25.5. The van der Waals surface area contributed by atoms with E-state index in [-0.39, 0.29) is 70.3 Å². The molecule has 3 rings (SSSR count). The Labute approximate surface area is 645 Å². The van der Waals surface area contributed by atoms with Gasteiger partial charge in [0.1, 0.15) is 148 Å². The van der Waals surface area contributed by atoms with E-state index in [1.54, 1.807) is 66.1 Å². The topological polar surface area (TPSA) is 570 Å². The number of likely N-dealkylation sites (N-methyl/N-ethyl adjacent to an activating group) is 5. The monoisotopic (exact) mass is 1620 g/mol. The van der Waals surface area contributed by atoms with E-state index in [0.29, 0.717) is 15.5 Å². The molecule has 3 fully saturated rings. The number of hydrogen-bond acceptors (Lipinski definition) is 38. The molecule has 3 aliphatic rings. The first-order valence-corrected chi connectivity index (χ1v) is 37.1. The Morgan fingerprint density at radius 1 is 0.318 bits per heavy atom. The summed E-state index contributed by atoms with van der Waals surface area (Å²) in [6.45, 7) is 1.26. The molecular formula is C69H142N5O36+3. The summed E-state index contributed by atoms with van der Waals surface area (Å²) in [6, 6.07) is 0. The highest BCUT2D eigenvalue weighted by molar-refractivity contribution is 4.97. The molecule has 0 aromatic rings. The molecule has 41 nitrogen and oxygen atoms in total. The average Bonchev–Trinajstić information content (AvgIpc) is 0.793. The van der Waals surface area contributed by atoms with Crippen LogP contribution in [0.15, 0.2) is 0 Å². The Morgan fingerprint density at radius 2 is 0.627 bits per heavy atom. The van der Waals surface area contributed by atoms with Crippen LogP contribution in [-0.4, -0.2) is 538 Å². The van der Waals surface area contributed by atoms with E-state index < -0.39 is 247 Å². The van der Waals surface area contributed by atoms with Crippen LogP contribution >= 0.6 is 0 Å². The fraction of sp³-hybridized carbons (Fsp3) is 1.00. The van der Waals surface area contributed by atoms with Crippen molar-refractivity contribution < 1.29 is 192 Å². The number of hydrogen-bond donors (Lipinski definition) is 21. The van der Waals surface area contributed by atoms with Crippen LogP contribution in [0.4, 0.5) is 0 Å². The van der Waals surface area contributed by atoms with Gasteiger partial charge in [-0.25, -0.2) is 0 Å². The quantitative estimate of drug-likeness (QED) is 0.0199. The number of nitrogens with zero attached hydrogens (tertiary/aromatic N) is 5. The predicted octanol–water partition coefficient (Wildman–Crippen LogP) is -11.9. The summed E-state index contributed by atoms with van der Waals surface area (Å²) >= 11 is 0. The highest BCUT2D eigenvalue weighted by atomic mass is 16.8. The van der Waals surface area contributed by atoms with Crippen molar-refractivity contribution in [1.82, 2.24) is 9.80 Å². The summed E-state index contributed by atoms with van der Waals surface area (Å²) in [4.78, 5) is 3.40. The molecule has 0 aliphatic carbocycles. The third-order valence-corrected chi connectivity index (χ3v) is 18.4. The van der Waals surface area contributed by atoms with E-state index in [9.17, 15) is 107 Å². The van der Waals surface area contributed by atoms with Crippen molar-refractivity contribution in [2.24, 2.45) is 17.8 Å². The molecule has 3 saturated heterocycles. The molecule has 0 radical (unpaired) electrons. The molecule has 35 atom stereocenters. The fourth-order valence-corrected chi connectivity index (χ4v) is 12.9. The highest BCUT2D eigenvalue weighted by Gasteiger charge is 2.54. The van der Waals surface area contributed by atoms with Crippen LogP contribution in [0.25, 0.3) is 0 Å². The molecule has 21 N–H and O–H groups in total. The maximum absolute atomic E-state index is 12.3. The van der Waals surface area contributed by atoms with Crippen molar-refractivity contribution in [1.29, 1.82) is 0 Å². The van der Waals surface area contributed by atoms with Crippen LogP contribution in [0, 0.1) is 17.8 Å². The lowest BCUT2D eigenvalue weighted by Crippen LogP contribution is -2.64. The second-order valence-corrected chi connectivity index (χ2v) is 33.2. The van der Waals surface area contributed by atoms with Gasteiger partial charge in [-0.05, 0) is 28.2 Å². The molecule has 0 amide bonds. The molecule has 0 bridgehead atoms. The second kappa shape index (κ2) is 48.4. The number of quaternary nitrogens is 3. The third-order valence-electron chi connectivity index (χ3n) is 18.4. The van der Waals surface area contributed by atoms with Crippen LogP contribution in [0.1, 0.15) is 20.8 Å². The highest BCUT2D eigenvalue weighted by Crippen LogP contribution is 2.34. The SMILES string of the molecule is COC(O)C(O)C(O)C(OC1OC(COCC(O)C[N+](C)(C)C)C(OC(O)C(O)C(O)C(OC2OC(COCC(O)CN(C)C)C(OC(O)C(O)C(O)C(OC)C(C)COCC(O)CN(C)C)C(O)C2O)C(C)COCC(O)C[N+](C)(C)C)C(O)C1O)C(C)COC1OC(COCC(O)C[N+](C)(C)C)C(O)C(O)[C@@H]1O. The second-order valence-electron chi connectivity index (χ2n) is 33.2. The first kappa shape index (κ1) is 103. The van der Waals surface area contributed by atoms with Gasteiger partial charge < -0.3 is 202 Å². The summed E-state index contributed by atoms with van der Waals surface area (Å²) in [6.07, 6.45) is -59.7. The van der Waals surface area contributed by atoms with Gasteiger partial charge >= 0.3 is 0 Å². The molecule has 0 aromatic heterocycles. The minimum atomic E-state index is -2.65. The van der Waals surface area contributed by atoms with E-state index in [0.717, 1.165) is 7.11 Å². The molecular weight excluding hydrogens is 1470 g/mol. The van der Waals surface area contributed by atoms with Crippen LogP contribution in [-0.2, 0) is 71.1 Å². The molecule has 110 heavy (non-hydrogen) atoms. The number of aliphatic hydroxyl groups excluding tert-OH is 21. The smallest absolute Gasteiger partial charge is 0.187 e. The van der Waals surface area contributed by atoms with Crippen molar-refractivity contribution in [2.45, 2.75) is 217 Å². The van der Waals surface area contributed by atoms with Crippen molar-refractivity contribution in [3.63, 3.8) is 0 Å². The molecule has 656 valence electrons. The standard InChI is InChI=1S/C69H142N5O36/c1-35(24-98-27-38(75)19-70(4)5)59(96-17)48(82)54(88)65(94)107-62-44(33-100-28-39(76)20-71(6)7)105-68(57(91)51(62)85)109-60(36(2)25-99-29-40(77)21-72(8,9)10)50(84)55(89)66(95)108-63-45(34-102-31-42(79)23-74(14,15)16)106-69(58(92)52(63)86)110-61(49(83)53(87)64(93)97-18)37(3)26-103-67-56(90)47(81)46(80)43(104-67)32-101-30-41(78)22-73(11,12)13/h35-69,75-95H,19-34H2,1-18H3/q+3/t35?,36?,37?,38?,39?,40?,41?,42?,43?,44?,45?,46?,47?,48?,49?,50?,51?,52?,53?,54?,55?,56-,57?,58?,59?,60?,61?,62?,63?,64?,65?,66?,67?,68?,69?/m0/s1. The molecule has 0 aromatic carbocycles. The third kappa shape index (κ3) is 34.7. The number of ether oxygens (including phenoxy) is 15. The molecule has 3 heterocycles. The Bertz CT molecular complexity index is 2440. The van der Waals surface area contributed by atoms with Crippen LogP contribution in [0.2, 0.25) is 0 Å². The lowest BCUT2D eigenvalue weighted by atomic mass is 9.94. The maximum atomic E-state index is 12.3. The summed E-state index contributed by atoms with van der Waals surface area (Å²) < 4.78 is 88.2. The summed E-state index contributed by atoms with van der Waals surface area (Å²) in [5.41, 5.74) is 0. The molecule has 0 spiro atoms. The molecule has 0 saturated carbocycles. The van der Waals surface area contributed by atoms with Gasteiger partial charge in [0, 0.05) is 45.1 Å². The first-order chi connectivity index (χ1) is 50.9. The van der Waals surface area contributed by atoms with E-state index in [1.807, 2.05) is 42.3 Å². The molecule has 34 unspecified atom stereocenters. The largest absolute Gasteiger partial charge is 0.389 e. The van der Waals surface area contributed by atoms with E-state index in [2.05, 4.69) is 0 Å². The summed E-state index contributed by atoms with van der Waals surface area (Å²) in [5, 5.41) is 238. The zero-order valence-corrected chi connectivity index (χ0v) is 67.3. The van der Waals surface area contributed by atoms with Gasteiger partial charge in [-0.1, -0.05) is 20.8 Å². The van der Waals surface area contributed by atoms with Crippen molar-refractivity contribution >= 4 is 0 Å². The van der Waals surface area contributed by atoms with Crippen molar-refractivity contribution in [3.05, 3.63) is 0 Å². The number of methoxy groups -OCH3 is 2. The Hall–Kier alpha value is -1.64. The molecule has 3 aliphatic heterocycles. The average molecular weight is 1620 g/mol. The lowest BCUT2D eigenvalue weighted by Gasteiger charge is -2.46. The zero-order chi connectivity index (χ0) is 83.8. The fourth-order valence-electron chi connectivity index (χ4n) is 12.9. The van der Waals surface area contributed by atoms with Gasteiger partial charge in [0.05, 0.1) is 167 Å². The summed E-state index contributed by atoms with van der Waals surface area (Å²) in [5.74, 6) is -3.09. The zero-order valence-electron chi connectivity index (χ0n) is 67.3. The van der Waals surface area contributed by atoms with Crippen molar-refractivity contribution in [3.8, 4) is 0 Å². The van der Waals surface area contributed by atoms with Gasteiger partial charge in [0.2, 0.25) is 0 Å². The lowest BCUT2D eigenvalue weighted by molar-refractivity contribution is -0.873. The number of aliphatic hydroxyl groups is 21. The Kier molecular flexibility index (Phi) is 45.1. The van der Waals surface area contributed by atoms with Crippen LogP contribution in [0.3, 0.4) is 0 Å². The Balaban J connectivity index is 2.06. The van der Waals surface area contributed by atoms with Gasteiger partial charge in [-0.2, -0.15) is 0 Å².